The molecule has 0 aliphatic carbocycles. The van der Waals surface area contributed by atoms with Crippen molar-refractivity contribution in [3.63, 3.8) is 0 Å². The van der Waals surface area contributed by atoms with Crippen molar-refractivity contribution in [2.75, 3.05) is 6.54 Å². The highest BCUT2D eigenvalue weighted by molar-refractivity contribution is 7.89. The van der Waals surface area contributed by atoms with Gasteiger partial charge in [0.05, 0.1) is 5.25 Å². The molecule has 3 unspecified atom stereocenters. The first-order valence-electron chi connectivity index (χ1n) is 7.02. The molecule has 0 amide bonds. The number of hydrogen-bond donors (Lipinski definition) is 1. The zero-order valence-electron chi connectivity index (χ0n) is 12.3. The van der Waals surface area contributed by atoms with Gasteiger partial charge in [0.1, 0.15) is 0 Å². The maximum absolute atomic E-state index is 12.6. The number of nitrogens with one attached hydrogen (secondary N) is 1. The van der Waals surface area contributed by atoms with Crippen LogP contribution in [0.3, 0.4) is 0 Å². The van der Waals surface area contributed by atoms with Gasteiger partial charge in [-0.25, -0.2) is 8.42 Å². The molecule has 1 aliphatic rings. The Balaban J connectivity index is 2.77. The fourth-order valence-electron chi connectivity index (χ4n) is 2.61. The molecule has 1 N–H and O–H groups in total. The Hall–Kier alpha value is -0.130. The van der Waals surface area contributed by atoms with Crippen LogP contribution in [0.1, 0.15) is 53.9 Å². The van der Waals surface area contributed by atoms with Crippen LogP contribution in [0, 0.1) is 0 Å². The van der Waals surface area contributed by atoms with Gasteiger partial charge in [0.15, 0.2) is 0 Å². The van der Waals surface area contributed by atoms with Gasteiger partial charge in [0, 0.05) is 24.7 Å². The first-order valence-corrected chi connectivity index (χ1v) is 8.52. The molecule has 1 fully saturated rings. The molecule has 1 rings (SSSR count). The van der Waals surface area contributed by atoms with E-state index in [1.807, 2.05) is 27.7 Å². The van der Waals surface area contributed by atoms with E-state index in [1.54, 1.807) is 11.2 Å². The summed E-state index contributed by atoms with van der Waals surface area (Å²) in [5.41, 5.74) is 0. The minimum Gasteiger partial charge on any atom is -0.313 e. The molecular weight excluding hydrogens is 248 g/mol. The van der Waals surface area contributed by atoms with Gasteiger partial charge in [-0.15, -0.1) is 0 Å². The molecular formula is C13H28N2O2S. The molecule has 0 aromatic heterocycles. The number of piperidine rings is 1. The smallest absolute Gasteiger partial charge is 0.218 e. The third-order valence-electron chi connectivity index (χ3n) is 3.73. The molecule has 1 heterocycles. The van der Waals surface area contributed by atoms with E-state index in [0.29, 0.717) is 12.6 Å². The van der Waals surface area contributed by atoms with Crippen LogP contribution in [0.15, 0.2) is 0 Å². The summed E-state index contributed by atoms with van der Waals surface area (Å²) in [4.78, 5) is 0. The largest absolute Gasteiger partial charge is 0.313 e. The summed E-state index contributed by atoms with van der Waals surface area (Å²) >= 11 is 0. The van der Waals surface area contributed by atoms with E-state index >= 15 is 0 Å². The second kappa shape index (κ2) is 6.35. The predicted molar refractivity (Wildman–Crippen MR) is 76.1 cm³/mol. The minimum atomic E-state index is -3.19. The summed E-state index contributed by atoms with van der Waals surface area (Å²) in [5, 5.41) is 2.86. The molecule has 0 bridgehead atoms. The maximum Gasteiger partial charge on any atom is 0.218 e. The third kappa shape index (κ3) is 3.68. The van der Waals surface area contributed by atoms with Gasteiger partial charge in [-0.3, -0.25) is 0 Å². The van der Waals surface area contributed by atoms with Crippen molar-refractivity contribution in [1.82, 2.24) is 9.62 Å². The van der Waals surface area contributed by atoms with E-state index < -0.39 is 10.0 Å². The Morgan fingerprint density at radius 1 is 1.17 bits per heavy atom. The molecule has 5 heteroatoms. The lowest BCUT2D eigenvalue weighted by Crippen LogP contribution is -2.52. The van der Waals surface area contributed by atoms with E-state index in [1.165, 1.54) is 0 Å². The minimum absolute atomic E-state index is 0.139. The summed E-state index contributed by atoms with van der Waals surface area (Å²) in [6, 6.07) is 0.597. The van der Waals surface area contributed by atoms with Gasteiger partial charge in [0.2, 0.25) is 10.0 Å². The van der Waals surface area contributed by atoms with Crippen LogP contribution < -0.4 is 5.32 Å². The van der Waals surface area contributed by atoms with Crippen molar-refractivity contribution in [2.45, 2.75) is 77.3 Å². The molecule has 0 saturated carbocycles. The van der Waals surface area contributed by atoms with Crippen LogP contribution >= 0.6 is 0 Å². The summed E-state index contributed by atoms with van der Waals surface area (Å²) in [6.07, 6.45) is 3.09. The zero-order valence-corrected chi connectivity index (χ0v) is 13.1. The Kier molecular flexibility index (Phi) is 5.62. The molecule has 3 atom stereocenters. The van der Waals surface area contributed by atoms with Gasteiger partial charge in [-0.05, 0) is 33.6 Å². The SMILES string of the molecule is CC(C)NCC(C)S(=O)(=O)N1C(C)CCCC1C. The first-order chi connectivity index (χ1) is 8.26. The quantitative estimate of drug-likeness (QED) is 0.835. The van der Waals surface area contributed by atoms with Crippen LogP contribution in [-0.4, -0.2) is 42.6 Å². The standard InChI is InChI=1S/C13H28N2O2S/c1-10(2)14-9-13(5)18(16,17)15-11(3)7-6-8-12(15)4/h10-14H,6-9H2,1-5H3. The van der Waals surface area contributed by atoms with Crippen LogP contribution in [0.5, 0.6) is 0 Å². The van der Waals surface area contributed by atoms with Crippen molar-refractivity contribution in [2.24, 2.45) is 0 Å². The maximum atomic E-state index is 12.6. The van der Waals surface area contributed by atoms with E-state index in [4.69, 9.17) is 0 Å². The number of nitrogens with zero attached hydrogens (tertiary/aromatic N) is 1. The van der Waals surface area contributed by atoms with Gasteiger partial charge in [-0.1, -0.05) is 20.3 Å². The van der Waals surface area contributed by atoms with Gasteiger partial charge >= 0.3 is 0 Å². The van der Waals surface area contributed by atoms with E-state index in [-0.39, 0.29) is 17.3 Å². The molecule has 18 heavy (non-hydrogen) atoms. The van der Waals surface area contributed by atoms with Gasteiger partial charge < -0.3 is 5.32 Å². The van der Waals surface area contributed by atoms with Crippen molar-refractivity contribution in [3.05, 3.63) is 0 Å². The predicted octanol–water partition coefficient (Wildman–Crippen LogP) is 1.97. The summed E-state index contributed by atoms with van der Waals surface area (Å²) < 4.78 is 26.9. The lowest BCUT2D eigenvalue weighted by molar-refractivity contribution is 0.202. The van der Waals surface area contributed by atoms with E-state index in [9.17, 15) is 8.42 Å². The van der Waals surface area contributed by atoms with Gasteiger partial charge in [-0.2, -0.15) is 4.31 Å². The Morgan fingerprint density at radius 3 is 2.11 bits per heavy atom. The average molecular weight is 276 g/mol. The highest BCUT2D eigenvalue weighted by atomic mass is 32.2. The van der Waals surface area contributed by atoms with Crippen LogP contribution in [-0.2, 0) is 10.0 Å². The highest BCUT2D eigenvalue weighted by Gasteiger charge is 2.37. The summed E-state index contributed by atoms with van der Waals surface area (Å²) in [7, 11) is -3.19. The lowest BCUT2D eigenvalue weighted by Gasteiger charge is -2.39. The Morgan fingerprint density at radius 2 is 1.67 bits per heavy atom. The fraction of sp³-hybridized carbons (Fsp3) is 1.00. The molecule has 4 nitrogen and oxygen atoms in total. The second-order valence-corrected chi connectivity index (χ2v) is 8.13. The molecule has 108 valence electrons. The highest BCUT2D eigenvalue weighted by Crippen LogP contribution is 2.27. The molecule has 0 aromatic rings. The first kappa shape index (κ1) is 15.9. The molecule has 0 radical (unpaired) electrons. The normalized spacial score (nSPS) is 28.6. The van der Waals surface area contributed by atoms with Crippen LogP contribution in [0.4, 0.5) is 0 Å². The number of hydrogen-bond acceptors (Lipinski definition) is 3. The van der Waals surface area contributed by atoms with Crippen molar-refractivity contribution >= 4 is 10.0 Å². The summed E-state index contributed by atoms with van der Waals surface area (Å²) in [6.45, 7) is 10.4. The summed E-state index contributed by atoms with van der Waals surface area (Å²) in [5.74, 6) is 0. The number of rotatable bonds is 5. The van der Waals surface area contributed by atoms with Gasteiger partial charge in [0.25, 0.3) is 0 Å². The van der Waals surface area contributed by atoms with Crippen molar-refractivity contribution < 1.29 is 8.42 Å². The molecule has 0 aromatic carbocycles. The molecule has 1 aliphatic heterocycles. The Bertz CT molecular complexity index is 344. The van der Waals surface area contributed by atoms with Crippen LogP contribution in [0.2, 0.25) is 0 Å². The lowest BCUT2D eigenvalue weighted by atomic mass is 10.0. The molecule has 1 saturated heterocycles. The topological polar surface area (TPSA) is 49.4 Å². The van der Waals surface area contributed by atoms with E-state index in [0.717, 1.165) is 19.3 Å². The third-order valence-corrected chi connectivity index (χ3v) is 6.22. The zero-order chi connectivity index (χ0) is 13.9. The number of sulfonamides is 1. The monoisotopic (exact) mass is 276 g/mol. The Labute approximate surface area is 112 Å². The second-order valence-electron chi connectivity index (χ2n) is 5.88. The van der Waals surface area contributed by atoms with Crippen molar-refractivity contribution in [3.8, 4) is 0 Å². The fourth-order valence-corrected chi connectivity index (χ4v) is 4.55. The van der Waals surface area contributed by atoms with Crippen LogP contribution in [0.25, 0.3) is 0 Å². The average Bonchev–Trinajstić information content (AvgIpc) is 2.25. The van der Waals surface area contributed by atoms with E-state index in [2.05, 4.69) is 5.32 Å². The van der Waals surface area contributed by atoms with Crippen molar-refractivity contribution in [1.29, 1.82) is 0 Å². The molecule has 0 spiro atoms.